The second kappa shape index (κ2) is 7.84. The highest BCUT2D eigenvalue weighted by molar-refractivity contribution is 5.88. The summed E-state index contributed by atoms with van der Waals surface area (Å²) in [6, 6.07) is 9.02. The number of aryl methyl sites for hydroxylation is 1. The highest BCUT2D eigenvalue weighted by Crippen LogP contribution is 2.29. The number of nitrogens with zero attached hydrogens (tertiary/aromatic N) is 4. The summed E-state index contributed by atoms with van der Waals surface area (Å²) in [5.41, 5.74) is 3.10. The highest BCUT2D eigenvalue weighted by Gasteiger charge is 2.27. The van der Waals surface area contributed by atoms with Gasteiger partial charge in [-0.15, -0.1) is 0 Å². The van der Waals surface area contributed by atoms with Crippen molar-refractivity contribution in [2.45, 2.75) is 38.1 Å². The lowest BCUT2D eigenvalue weighted by Crippen LogP contribution is -2.34. The number of carbonyl (C=O) groups excluding carboxylic acids is 1. The number of aromatic nitrogens is 3. The van der Waals surface area contributed by atoms with Gasteiger partial charge in [0.1, 0.15) is 5.78 Å². The summed E-state index contributed by atoms with van der Waals surface area (Å²) in [6.07, 6.45) is 10.4. The molecule has 2 aromatic heterocycles. The van der Waals surface area contributed by atoms with Crippen LogP contribution in [0.3, 0.4) is 0 Å². The lowest BCUT2D eigenvalue weighted by atomic mass is 9.82. The summed E-state index contributed by atoms with van der Waals surface area (Å²) in [5, 5.41) is 6.47. The summed E-state index contributed by atoms with van der Waals surface area (Å²) in [7, 11) is 6.18. The minimum absolute atomic E-state index is 0.190. The Balaban J connectivity index is 1.49. The molecule has 1 aromatic carbocycles. The number of ketones is 1. The van der Waals surface area contributed by atoms with Crippen LogP contribution in [0.4, 0.5) is 0 Å². The lowest BCUT2D eigenvalue weighted by Gasteiger charge is -2.31. The quantitative estimate of drug-likeness (QED) is 0.678. The van der Waals surface area contributed by atoms with Gasteiger partial charge in [0.15, 0.2) is 0 Å². The summed E-state index contributed by atoms with van der Waals surface area (Å²) in [4.78, 5) is 19.6. The predicted molar refractivity (Wildman–Crippen MR) is 112 cm³/mol. The summed E-state index contributed by atoms with van der Waals surface area (Å²) in [6.45, 7) is 0. The summed E-state index contributed by atoms with van der Waals surface area (Å²) >= 11 is 0. The van der Waals surface area contributed by atoms with Crippen molar-refractivity contribution in [1.82, 2.24) is 19.7 Å². The Labute approximate surface area is 166 Å². The molecule has 0 amide bonds. The molecule has 3 aromatic rings. The number of benzene rings is 1. The molecule has 0 unspecified atom stereocenters. The smallest absolute Gasteiger partial charge is 0.141 e. The number of carbonyl (C=O) groups is 1. The number of fused-ring (bicyclic) bond motifs is 1. The maximum absolute atomic E-state index is 12.8. The van der Waals surface area contributed by atoms with Crippen LogP contribution in [0.2, 0.25) is 0 Å². The molecule has 146 valence electrons. The minimum Gasteiger partial charge on any atom is -0.306 e. The van der Waals surface area contributed by atoms with Crippen molar-refractivity contribution >= 4 is 16.6 Å². The zero-order valence-electron chi connectivity index (χ0n) is 16.9. The van der Waals surface area contributed by atoms with E-state index in [0.29, 0.717) is 18.2 Å². The Kier molecular flexibility index (Phi) is 5.27. The average Bonchev–Trinajstić information content (AvgIpc) is 3.14. The molecule has 1 aliphatic rings. The van der Waals surface area contributed by atoms with Crippen molar-refractivity contribution in [2.75, 3.05) is 14.1 Å². The number of hydrogen-bond acceptors (Lipinski definition) is 4. The molecule has 0 bridgehead atoms. The highest BCUT2D eigenvalue weighted by atomic mass is 16.1. The van der Waals surface area contributed by atoms with Gasteiger partial charge in [-0.1, -0.05) is 12.1 Å². The van der Waals surface area contributed by atoms with E-state index in [2.05, 4.69) is 53.3 Å². The van der Waals surface area contributed by atoms with E-state index in [4.69, 9.17) is 0 Å². The van der Waals surface area contributed by atoms with E-state index in [0.717, 1.165) is 53.3 Å². The van der Waals surface area contributed by atoms with Crippen LogP contribution in [0.1, 0.15) is 31.4 Å². The molecular weight excluding hydrogens is 348 g/mol. The first-order valence-corrected chi connectivity index (χ1v) is 10.1. The van der Waals surface area contributed by atoms with Gasteiger partial charge in [-0.05, 0) is 62.9 Å². The molecule has 28 heavy (non-hydrogen) atoms. The zero-order chi connectivity index (χ0) is 19.7. The van der Waals surface area contributed by atoms with Crippen molar-refractivity contribution < 1.29 is 4.79 Å². The largest absolute Gasteiger partial charge is 0.306 e. The molecule has 0 saturated heterocycles. The van der Waals surface area contributed by atoms with Gasteiger partial charge in [0.05, 0.1) is 6.20 Å². The van der Waals surface area contributed by atoms with E-state index < -0.39 is 0 Å². The number of rotatable bonds is 5. The van der Waals surface area contributed by atoms with Crippen molar-refractivity contribution in [3.63, 3.8) is 0 Å². The van der Waals surface area contributed by atoms with Crippen molar-refractivity contribution in [1.29, 1.82) is 0 Å². The topological polar surface area (TPSA) is 51.0 Å². The molecule has 4 rings (SSSR count). The molecule has 0 spiro atoms. The molecular formula is C23H28N4O. The fourth-order valence-corrected chi connectivity index (χ4v) is 4.27. The van der Waals surface area contributed by atoms with Gasteiger partial charge in [-0.25, -0.2) is 0 Å². The van der Waals surface area contributed by atoms with Gasteiger partial charge in [-0.2, -0.15) is 5.10 Å². The van der Waals surface area contributed by atoms with Gasteiger partial charge in [0.2, 0.25) is 0 Å². The van der Waals surface area contributed by atoms with Gasteiger partial charge >= 0.3 is 0 Å². The summed E-state index contributed by atoms with van der Waals surface area (Å²) < 4.78 is 1.81. The molecule has 0 radical (unpaired) electrons. The van der Waals surface area contributed by atoms with Gasteiger partial charge < -0.3 is 4.90 Å². The monoisotopic (exact) mass is 376 g/mol. The van der Waals surface area contributed by atoms with Crippen LogP contribution in [-0.4, -0.2) is 45.6 Å². The first kappa shape index (κ1) is 18.8. The fraction of sp³-hybridized carbons (Fsp3) is 0.435. The molecule has 5 nitrogen and oxygen atoms in total. The third kappa shape index (κ3) is 3.99. The number of Topliss-reactive ketones (excluding diaryl/α,β-unsaturated/α-hetero) is 1. The fourth-order valence-electron chi connectivity index (χ4n) is 4.27. The Morgan fingerprint density at radius 1 is 1.07 bits per heavy atom. The van der Waals surface area contributed by atoms with Crippen molar-refractivity contribution in [3.05, 3.63) is 48.5 Å². The maximum atomic E-state index is 12.8. The van der Waals surface area contributed by atoms with E-state index in [1.807, 2.05) is 25.6 Å². The third-order valence-electron chi connectivity index (χ3n) is 6.05. The van der Waals surface area contributed by atoms with Gasteiger partial charge in [0.25, 0.3) is 0 Å². The molecule has 0 atom stereocenters. The maximum Gasteiger partial charge on any atom is 0.141 e. The minimum atomic E-state index is 0.190. The van der Waals surface area contributed by atoms with Crippen LogP contribution in [0, 0.1) is 5.92 Å². The van der Waals surface area contributed by atoms with E-state index in [1.165, 1.54) is 0 Å². The van der Waals surface area contributed by atoms with Crippen LogP contribution in [0.5, 0.6) is 0 Å². The third-order valence-corrected chi connectivity index (χ3v) is 6.05. The normalized spacial score (nSPS) is 20.0. The van der Waals surface area contributed by atoms with E-state index in [9.17, 15) is 4.79 Å². The molecule has 1 saturated carbocycles. The Morgan fingerprint density at radius 3 is 2.54 bits per heavy atom. The average molecular weight is 377 g/mol. The van der Waals surface area contributed by atoms with Gasteiger partial charge in [-0.3, -0.25) is 14.5 Å². The van der Waals surface area contributed by atoms with Crippen LogP contribution in [0.25, 0.3) is 21.9 Å². The second-order valence-corrected chi connectivity index (χ2v) is 8.25. The van der Waals surface area contributed by atoms with Crippen LogP contribution < -0.4 is 0 Å². The number of pyridine rings is 1. The Hall–Kier alpha value is -2.53. The Morgan fingerprint density at radius 2 is 1.86 bits per heavy atom. The molecule has 2 heterocycles. The van der Waals surface area contributed by atoms with Crippen LogP contribution >= 0.6 is 0 Å². The molecule has 1 fully saturated rings. The second-order valence-electron chi connectivity index (χ2n) is 8.25. The Bertz CT molecular complexity index is 983. The van der Waals surface area contributed by atoms with Crippen molar-refractivity contribution in [2.24, 2.45) is 13.0 Å². The van der Waals surface area contributed by atoms with Crippen LogP contribution in [0.15, 0.2) is 42.9 Å². The van der Waals surface area contributed by atoms with Crippen LogP contribution in [-0.2, 0) is 18.3 Å². The first-order valence-electron chi connectivity index (χ1n) is 10.1. The predicted octanol–water partition coefficient (Wildman–Crippen LogP) is 3.87. The SMILES string of the molecule is CN(C)C1CCC(C(=O)Cc2cc3cc(-c4cnn(C)c4)ccc3cn2)CC1. The molecule has 5 heteroatoms. The zero-order valence-corrected chi connectivity index (χ0v) is 16.9. The van der Waals surface area contributed by atoms with E-state index in [-0.39, 0.29) is 5.92 Å². The molecule has 0 N–H and O–H groups in total. The lowest BCUT2D eigenvalue weighted by molar-refractivity contribution is -0.123. The number of hydrogen-bond donors (Lipinski definition) is 0. The van der Waals surface area contributed by atoms with Crippen molar-refractivity contribution in [3.8, 4) is 11.1 Å². The van der Waals surface area contributed by atoms with E-state index in [1.54, 1.807) is 4.68 Å². The summed E-state index contributed by atoms with van der Waals surface area (Å²) in [5.74, 6) is 0.530. The molecule has 1 aliphatic carbocycles. The van der Waals surface area contributed by atoms with Gasteiger partial charge in [0, 0.05) is 54.5 Å². The molecule has 0 aliphatic heterocycles. The van der Waals surface area contributed by atoms with E-state index >= 15 is 0 Å². The standard InChI is InChI=1S/C23H28N4O/c1-26(2)22-8-6-16(7-9-22)23(28)12-21-11-19-10-17(4-5-18(19)13-24-21)20-14-25-27(3)15-20/h4-5,10-11,13-16,22H,6-9,12H2,1-3H3. The first-order chi connectivity index (χ1) is 13.5.